The normalized spacial score (nSPS) is 13.8. The second-order valence-electron chi connectivity index (χ2n) is 15.2. The highest BCUT2D eigenvalue weighted by atomic mass is 19.1. The molecule has 0 saturated carbocycles. The Balaban J connectivity index is 1.60. The SMILES string of the molecule is CC(C)(C)OC(=O)N(C[C@@H](O)COCc1ccccc1)C(CO)[C@H](OCc1ccccc1)[C@H](Cc1cc(F)cc(F)c1)N(Cc1ccccc1)Cc1ccccc1. The second kappa shape index (κ2) is 21.5. The summed E-state index contributed by atoms with van der Waals surface area (Å²) in [6.45, 7) is 5.37. The van der Waals surface area contributed by atoms with Gasteiger partial charge in [0, 0.05) is 25.2 Å². The third-order valence-corrected chi connectivity index (χ3v) is 9.38. The summed E-state index contributed by atoms with van der Waals surface area (Å²) in [5.41, 5.74) is 3.15. The van der Waals surface area contributed by atoms with E-state index in [-0.39, 0.29) is 32.8 Å². The van der Waals surface area contributed by atoms with Gasteiger partial charge in [-0.3, -0.25) is 9.80 Å². The summed E-state index contributed by atoms with van der Waals surface area (Å²) in [6.07, 6.45) is -2.87. The summed E-state index contributed by atoms with van der Waals surface area (Å²) < 4.78 is 48.4. The number of hydrogen-bond acceptors (Lipinski definition) is 7. The number of amides is 1. The molecule has 0 radical (unpaired) electrons. The Hall–Kier alpha value is -4.97. The fourth-order valence-corrected chi connectivity index (χ4v) is 6.81. The maximum atomic E-state index is 14.9. The van der Waals surface area contributed by atoms with E-state index in [1.807, 2.05) is 121 Å². The van der Waals surface area contributed by atoms with Crippen molar-refractivity contribution in [1.82, 2.24) is 9.80 Å². The van der Waals surface area contributed by atoms with Crippen LogP contribution in [0.3, 0.4) is 0 Å². The third kappa shape index (κ3) is 14.2. The molecule has 0 aliphatic carbocycles. The first-order chi connectivity index (χ1) is 27.5. The van der Waals surface area contributed by atoms with Crippen LogP contribution in [0.15, 0.2) is 140 Å². The highest BCUT2D eigenvalue weighted by molar-refractivity contribution is 5.68. The first-order valence-electron chi connectivity index (χ1n) is 19.3. The molecular weight excluding hydrogens is 727 g/mol. The molecule has 0 spiro atoms. The summed E-state index contributed by atoms with van der Waals surface area (Å²) >= 11 is 0. The Bertz CT molecular complexity index is 1850. The molecule has 0 fully saturated rings. The second-order valence-corrected chi connectivity index (χ2v) is 15.2. The van der Waals surface area contributed by atoms with Gasteiger partial charge in [0.1, 0.15) is 17.2 Å². The molecule has 5 aromatic rings. The van der Waals surface area contributed by atoms with Crippen LogP contribution in [-0.4, -0.2) is 75.8 Å². The number of hydrogen-bond donors (Lipinski definition) is 2. The first-order valence-corrected chi connectivity index (χ1v) is 19.3. The highest BCUT2D eigenvalue weighted by Crippen LogP contribution is 2.28. The van der Waals surface area contributed by atoms with Crippen LogP contribution in [0.2, 0.25) is 0 Å². The zero-order valence-corrected chi connectivity index (χ0v) is 32.9. The van der Waals surface area contributed by atoms with Gasteiger partial charge in [0.15, 0.2) is 0 Å². The smallest absolute Gasteiger partial charge is 0.410 e. The topological polar surface area (TPSA) is 91.7 Å². The molecule has 0 aliphatic heterocycles. The molecule has 57 heavy (non-hydrogen) atoms. The number of aliphatic hydroxyl groups is 2. The van der Waals surface area contributed by atoms with Crippen molar-refractivity contribution >= 4 is 6.09 Å². The molecule has 10 heteroatoms. The average molecular weight is 781 g/mol. The van der Waals surface area contributed by atoms with Crippen LogP contribution in [0.25, 0.3) is 0 Å². The molecular formula is C47H54F2N2O6. The van der Waals surface area contributed by atoms with Gasteiger partial charge in [-0.25, -0.2) is 13.6 Å². The maximum absolute atomic E-state index is 14.9. The van der Waals surface area contributed by atoms with E-state index >= 15 is 0 Å². The Kier molecular flexibility index (Phi) is 16.3. The fourth-order valence-electron chi connectivity index (χ4n) is 6.81. The van der Waals surface area contributed by atoms with E-state index in [1.54, 1.807) is 20.8 Å². The maximum Gasteiger partial charge on any atom is 0.410 e. The summed E-state index contributed by atoms with van der Waals surface area (Å²) in [7, 11) is 0. The summed E-state index contributed by atoms with van der Waals surface area (Å²) in [5.74, 6) is -1.45. The summed E-state index contributed by atoms with van der Waals surface area (Å²) in [4.78, 5) is 17.7. The van der Waals surface area contributed by atoms with Gasteiger partial charge in [0.2, 0.25) is 0 Å². The quantitative estimate of drug-likeness (QED) is 0.0821. The molecule has 0 aliphatic rings. The molecule has 0 bridgehead atoms. The number of halogens is 2. The standard InChI is InChI=1S/C47H54F2N2O6/c1-47(2,3)57-46(54)51(30-42(53)34-55-32-37-20-12-6-13-21-37)44(31-52)45(56-33-38-22-14-7-15-23-38)43(26-39-24-40(48)27-41(49)25-39)50(28-35-16-8-4-9-17-35)29-36-18-10-5-11-19-36/h4-25,27,42-45,52-53H,26,28-34H2,1-3H3/t42-,43+,44?,45-/m1/s1. The molecule has 0 saturated heterocycles. The molecule has 4 atom stereocenters. The predicted molar refractivity (Wildman–Crippen MR) is 217 cm³/mol. The van der Waals surface area contributed by atoms with Crippen LogP contribution in [-0.2, 0) is 46.9 Å². The van der Waals surface area contributed by atoms with Crippen molar-refractivity contribution in [2.24, 2.45) is 0 Å². The predicted octanol–water partition coefficient (Wildman–Crippen LogP) is 8.34. The molecule has 1 amide bonds. The molecule has 302 valence electrons. The van der Waals surface area contributed by atoms with Gasteiger partial charge in [0.05, 0.1) is 51.2 Å². The lowest BCUT2D eigenvalue weighted by molar-refractivity contribution is -0.0975. The van der Waals surface area contributed by atoms with E-state index in [4.69, 9.17) is 14.2 Å². The van der Waals surface area contributed by atoms with Crippen LogP contribution >= 0.6 is 0 Å². The molecule has 2 N–H and O–H groups in total. The van der Waals surface area contributed by atoms with Gasteiger partial charge in [-0.05, 0) is 67.1 Å². The number of rotatable bonds is 20. The molecule has 5 rings (SSSR count). The first kappa shape index (κ1) is 43.2. The minimum atomic E-state index is -1.18. The minimum absolute atomic E-state index is 0.0786. The van der Waals surface area contributed by atoms with Crippen molar-refractivity contribution < 1.29 is 38.0 Å². The Morgan fingerprint density at radius 3 is 1.61 bits per heavy atom. The van der Waals surface area contributed by atoms with Gasteiger partial charge in [-0.1, -0.05) is 121 Å². The summed E-state index contributed by atoms with van der Waals surface area (Å²) in [5, 5.41) is 22.9. The zero-order valence-electron chi connectivity index (χ0n) is 32.9. The minimum Gasteiger partial charge on any atom is -0.444 e. The van der Waals surface area contributed by atoms with Crippen molar-refractivity contribution in [1.29, 1.82) is 0 Å². The van der Waals surface area contributed by atoms with Crippen molar-refractivity contribution in [3.8, 4) is 0 Å². The molecule has 0 heterocycles. The van der Waals surface area contributed by atoms with Crippen molar-refractivity contribution in [3.05, 3.63) is 179 Å². The average Bonchev–Trinajstić information content (AvgIpc) is 3.18. The lowest BCUT2D eigenvalue weighted by Crippen LogP contribution is -2.60. The van der Waals surface area contributed by atoms with Crippen LogP contribution in [0.4, 0.5) is 13.6 Å². The van der Waals surface area contributed by atoms with Crippen molar-refractivity contribution in [2.45, 2.75) is 83.4 Å². The Morgan fingerprint density at radius 1 is 0.667 bits per heavy atom. The molecule has 1 unspecified atom stereocenters. The molecule has 0 aromatic heterocycles. The van der Waals surface area contributed by atoms with Crippen LogP contribution in [0, 0.1) is 11.6 Å². The van der Waals surface area contributed by atoms with E-state index in [9.17, 15) is 23.8 Å². The van der Waals surface area contributed by atoms with Gasteiger partial charge in [0.25, 0.3) is 0 Å². The number of ether oxygens (including phenoxy) is 3. The zero-order chi connectivity index (χ0) is 40.6. The van der Waals surface area contributed by atoms with E-state index < -0.39 is 54.2 Å². The number of carbonyl (C=O) groups excluding carboxylic acids is 1. The van der Waals surface area contributed by atoms with Crippen LogP contribution in [0.1, 0.15) is 48.6 Å². The van der Waals surface area contributed by atoms with Crippen molar-refractivity contribution in [3.63, 3.8) is 0 Å². The number of nitrogens with zero attached hydrogens (tertiary/aromatic N) is 2. The van der Waals surface area contributed by atoms with Crippen molar-refractivity contribution in [2.75, 3.05) is 19.8 Å². The lowest BCUT2D eigenvalue weighted by atomic mass is 9.92. The van der Waals surface area contributed by atoms with E-state index in [1.165, 1.54) is 17.0 Å². The van der Waals surface area contributed by atoms with E-state index in [2.05, 4.69) is 4.90 Å². The van der Waals surface area contributed by atoms with Gasteiger partial charge in [-0.2, -0.15) is 0 Å². The van der Waals surface area contributed by atoms with Gasteiger partial charge in [-0.15, -0.1) is 0 Å². The Labute approximate surface area is 335 Å². The van der Waals surface area contributed by atoms with E-state index in [0.29, 0.717) is 18.7 Å². The molecule has 8 nitrogen and oxygen atoms in total. The number of benzene rings is 5. The van der Waals surface area contributed by atoms with Crippen LogP contribution < -0.4 is 0 Å². The monoisotopic (exact) mass is 780 g/mol. The lowest BCUT2D eigenvalue weighted by Gasteiger charge is -2.44. The highest BCUT2D eigenvalue weighted by Gasteiger charge is 2.41. The van der Waals surface area contributed by atoms with Crippen LogP contribution in [0.5, 0.6) is 0 Å². The molecule has 5 aromatic carbocycles. The number of aliphatic hydroxyl groups excluding tert-OH is 2. The van der Waals surface area contributed by atoms with Gasteiger partial charge < -0.3 is 24.4 Å². The third-order valence-electron chi connectivity index (χ3n) is 9.38. The Morgan fingerprint density at radius 2 is 1.14 bits per heavy atom. The van der Waals surface area contributed by atoms with Gasteiger partial charge >= 0.3 is 6.09 Å². The van der Waals surface area contributed by atoms with E-state index in [0.717, 1.165) is 28.3 Å². The largest absolute Gasteiger partial charge is 0.444 e. The summed E-state index contributed by atoms with van der Waals surface area (Å²) in [6, 6.07) is 40.2. The number of carbonyl (C=O) groups is 1. The fraction of sp³-hybridized carbons (Fsp3) is 0.340.